The molecule has 0 bridgehead atoms. The molecule has 94 valence electrons. The summed E-state index contributed by atoms with van der Waals surface area (Å²) in [5, 5.41) is 13.8. The van der Waals surface area contributed by atoms with E-state index in [4.69, 9.17) is 0 Å². The van der Waals surface area contributed by atoms with Crippen LogP contribution in [0.5, 0.6) is 0 Å². The van der Waals surface area contributed by atoms with E-state index in [0.717, 1.165) is 18.5 Å². The lowest BCUT2D eigenvalue weighted by atomic mass is 9.92. The summed E-state index contributed by atoms with van der Waals surface area (Å²) in [5.41, 5.74) is 4.83. The normalized spacial score (nSPS) is 21.8. The third-order valence-electron chi connectivity index (χ3n) is 3.74. The fourth-order valence-corrected chi connectivity index (χ4v) is 3.06. The van der Waals surface area contributed by atoms with Crippen molar-refractivity contribution in [1.82, 2.24) is 5.32 Å². The molecular formula is C15H23NO. The van der Waals surface area contributed by atoms with Crippen molar-refractivity contribution in [2.45, 2.75) is 52.2 Å². The molecular weight excluding hydrogens is 210 g/mol. The summed E-state index contributed by atoms with van der Waals surface area (Å²) < 4.78 is 0. The molecule has 2 atom stereocenters. The zero-order valence-corrected chi connectivity index (χ0v) is 11.1. The monoisotopic (exact) mass is 233 g/mol. The number of rotatable bonds is 3. The predicted molar refractivity (Wildman–Crippen MR) is 71.3 cm³/mol. The van der Waals surface area contributed by atoms with Gasteiger partial charge in [-0.05, 0) is 63.3 Å². The summed E-state index contributed by atoms with van der Waals surface area (Å²) in [7, 11) is 0. The zero-order valence-electron chi connectivity index (χ0n) is 11.1. The highest BCUT2D eigenvalue weighted by Gasteiger charge is 2.21. The first kappa shape index (κ1) is 12.6. The number of benzene rings is 1. The molecule has 0 amide bonds. The van der Waals surface area contributed by atoms with Gasteiger partial charge in [-0.2, -0.15) is 0 Å². The average molecular weight is 233 g/mol. The Labute approximate surface area is 104 Å². The molecule has 1 saturated heterocycles. The molecule has 1 aliphatic heterocycles. The molecule has 1 aromatic carbocycles. The molecule has 0 saturated carbocycles. The SMILES string of the molecule is Cc1cc(C)c(C(O)CC2CCCN2)c(C)c1. The number of aliphatic hydroxyl groups is 1. The standard InChI is InChI=1S/C15H23NO/c1-10-7-11(2)15(12(3)8-10)14(17)9-13-5-4-6-16-13/h7-8,13-14,16-17H,4-6,9H2,1-3H3. The van der Waals surface area contributed by atoms with E-state index in [-0.39, 0.29) is 6.10 Å². The van der Waals surface area contributed by atoms with Crippen LogP contribution in [0.1, 0.15) is 47.6 Å². The molecule has 2 rings (SSSR count). The van der Waals surface area contributed by atoms with Crippen LogP contribution in [-0.4, -0.2) is 17.7 Å². The van der Waals surface area contributed by atoms with E-state index in [1.807, 2.05) is 0 Å². The van der Waals surface area contributed by atoms with Crippen LogP contribution >= 0.6 is 0 Å². The molecule has 0 radical (unpaired) electrons. The van der Waals surface area contributed by atoms with Gasteiger partial charge in [0.15, 0.2) is 0 Å². The summed E-state index contributed by atoms with van der Waals surface area (Å²) in [6.07, 6.45) is 2.95. The van der Waals surface area contributed by atoms with E-state index in [0.29, 0.717) is 6.04 Å². The lowest BCUT2D eigenvalue weighted by Crippen LogP contribution is -2.24. The quantitative estimate of drug-likeness (QED) is 0.841. The Hall–Kier alpha value is -0.860. The van der Waals surface area contributed by atoms with Crippen molar-refractivity contribution in [2.75, 3.05) is 6.54 Å². The molecule has 0 aliphatic carbocycles. The first-order valence-electron chi connectivity index (χ1n) is 6.57. The van der Waals surface area contributed by atoms with E-state index in [9.17, 15) is 5.11 Å². The number of aliphatic hydroxyl groups excluding tert-OH is 1. The zero-order chi connectivity index (χ0) is 12.4. The lowest BCUT2D eigenvalue weighted by molar-refractivity contribution is 0.153. The van der Waals surface area contributed by atoms with Crippen LogP contribution in [-0.2, 0) is 0 Å². The van der Waals surface area contributed by atoms with Crippen molar-refractivity contribution in [3.05, 3.63) is 34.4 Å². The van der Waals surface area contributed by atoms with Crippen LogP contribution < -0.4 is 5.32 Å². The molecule has 2 unspecified atom stereocenters. The Morgan fingerprint density at radius 3 is 2.47 bits per heavy atom. The van der Waals surface area contributed by atoms with E-state index in [2.05, 4.69) is 38.2 Å². The van der Waals surface area contributed by atoms with Crippen molar-refractivity contribution in [1.29, 1.82) is 0 Å². The van der Waals surface area contributed by atoms with Crippen LogP contribution in [0.25, 0.3) is 0 Å². The molecule has 17 heavy (non-hydrogen) atoms. The summed E-state index contributed by atoms with van der Waals surface area (Å²) in [6, 6.07) is 4.81. The maximum absolute atomic E-state index is 10.4. The Bertz CT molecular complexity index is 371. The molecule has 1 aliphatic rings. The van der Waals surface area contributed by atoms with Gasteiger partial charge >= 0.3 is 0 Å². The van der Waals surface area contributed by atoms with Gasteiger partial charge in [0.1, 0.15) is 0 Å². The summed E-state index contributed by atoms with van der Waals surface area (Å²) in [4.78, 5) is 0. The maximum Gasteiger partial charge on any atom is 0.0810 e. The van der Waals surface area contributed by atoms with Gasteiger partial charge in [-0.1, -0.05) is 17.7 Å². The third-order valence-corrected chi connectivity index (χ3v) is 3.74. The highest BCUT2D eigenvalue weighted by molar-refractivity contribution is 5.39. The smallest absolute Gasteiger partial charge is 0.0810 e. The number of aryl methyl sites for hydroxylation is 3. The van der Waals surface area contributed by atoms with Crippen LogP contribution in [0.3, 0.4) is 0 Å². The van der Waals surface area contributed by atoms with Crippen LogP contribution in [0.2, 0.25) is 0 Å². The van der Waals surface area contributed by atoms with Gasteiger partial charge in [-0.15, -0.1) is 0 Å². The molecule has 2 N–H and O–H groups in total. The van der Waals surface area contributed by atoms with Crippen molar-refractivity contribution in [2.24, 2.45) is 0 Å². The molecule has 0 aromatic heterocycles. The molecule has 1 heterocycles. The fraction of sp³-hybridized carbons (Fsp3) is 0.600. The summed E-state index contributed by atoms with van der Waals surface area (Å²) >= 11 is 0. The second-order valence-electron chi connectivity index (χ2n) is 5.36. The first-order chi connectivity index (χ1) is 8.08. The Morgan fingerprint density at radius 1 is 1.29 bits per heavy atom. The second-order valence-corrected chi connectivity index (χ2v) is 5.36. The summed E-state index contributed by atoms with van der Waals surface area (Å²) in [6.45, 7) is 7.40. The minimum atomic E-state index is -0.328. The van der Waals surface area contributed by atoms with E-state index >= 15 is 0 Å². The molecule has 2 heteroatoms. The molecule has 1 aromatic rings. The molecule has 0 spiro atoms. The highest BCUT2D eigenvalue weighted by atomic mass is 16.3. The van der Waals surface area contributed by atoms with Gasteiger partial charge in [-0.25, -0.2) is 0 Å². The first-order valence-corrected chi connectivity index (χ1v) is 6.57. The number of hydrogen-bond donors (Lipinski definition) is 2. The van der Waals surface area contributed by atoms with Gasteiger partial charge in [-0.3, -0.25) is 0 Å². The van der Waals surface area contributed by atoms with Crippen LogP contribution in [0.15, 0.2) is 12.1 Å². The van der Waals surface area contributed by atoms with Crippen molar-refractivity contribution in [3.63, 3.8) is 0 Å². The van der Waals surface area contributed by atoms with Gasteiger partial charge in [0.25, 0.3) is 0 Å². The maximum atomic E-state index is 10.4. The minimum Gasteiger partial charge on any atom is -0.388 e. The number of hydrogen-bond acceptors (Lipinski definition) is 2. The van der Waals surface area contributed by atoms with Gasteiger partial charge < -0.3 is 10.4 Å². The van der Waals surface area contributed by atoms with Crippen molar-refractivity contribution >= 4 is 0 Å². The second kappa shape index (κ2) is 5.19. The van der Waals surface area contributed by atoms with Gasteiger partial charge in [0.2, 0.25) is 0 Å². The Kier molecular flexibility index (Phi) is 3.85. The van der Waals surface area contributed by atoms with E-state index in [1.54, 1.807) is 0 Å². The van der Waals surface area contributed by atoms with Crippen LogP contribution in [0, 0.1) is 20.8 Å². The number of nitrogens with one attached hydrogen (secondary N) is 1. The topological polar surface area (TPSA) is 32.3 Å². The largest absolute Gasteiger partial charge is 0.388 e. The van der Waals surface area contributed by atoms with E-state index in [1.165, 1.54) is 29.5 Å². The third kappa shape index (κ3) is 2.88. The summed E-state index contributed by atoms with van der Waals surface area (Å²) in [5.74, 6) is 0. The van der Waals surface area contributed by atoms with E-state index < -0.39 is 0 Å². The van der Waals surface area contributed by atoms with Gasteiger partial charge in [0, 0.05) is 6.04 Å². The van der Waals surface area contributed by atoms with Crippen molar-refractivity contribution < 1.29 is 5.11 Å². The van der Waals surface area contributed by atoms with Gasteiger partial charge in [0.05, 0.1) is 6.10 Å². The molecule has 2 nitrogen and oxygen atoms in total. The van der Waals surface area contributed by atoms with Crippen molar-refractivity contribution in [3.8, 4) is 0 Å². The lowest BCUT2D eigenvalue weighted by Gasteiger charge is -2.20. The minimum absolute atomic E-state index is 0.328. The fourth-order valence-electron chi connectivity index (χ4n) is 3.06. The Balaban J connectivity index is 2.15. The predicted octanol–water partition coefficient (Wildman–Crippen LogP) is 2.79. The molecule has 1 fully saturated rings. The van der Waals surface area contributed by atoms with Crippen LogP contribution in [0.4, 0.5) is 0 Å². The highest BCUT2D eigenvalue weighted by Crippen LogP contribution is 2.28. The Morgan fingerprint density at radius 2 is 1.94 bits per heavy atom. The average Bonchev–Trinajstić information content (AvgIpc) is 2.68.